The van der Waals surface area contributed by atoms with Crippen LogP contribution in [0.2, 0.25) is 5.02 Å². The SMILES string of the molecule is CNc1cc(Cl)c(C(=O)O)cc1C=N. The van der Waals surface area contributed by atoms with Crippen LogP contribution < -0.4 is 5.32 Å². The van der Waals surface area contributed by atoms with E-state index in [9.17, 15) is 4.79 Å². The summed E-state index contributed by atoms with van der Waals surface area (Å²) in [4.78, 5) is 10.7. The topological polar surface area (TPSA) is 73.2 Å². The van der Waals surface area contributed by atoms with Crippen molar-refractivity contribution in [1.82, 2.24) is 0 Å². The van der Waals surface area contributed by atoms with Crippen molar-refractivity contribution in [2.75, 3.05) is 12.4 Å². The molecule has 0 atom stereocenters. The van der Waals surface area contributed by atoms with E-state index < -0.39 is 5.97 Å². The number of rotatable bonds is 3. The van der Waals surface area contributed by atoms with E-state index in [0.29, 0.717) is 11.3 Å². The van der Waals surface area contributed by atoms with Gasteiger partial charge in [-0.1, -0.05) is 11.6 Å². The molecule has 0 amide bonds. The Kier molecular flexibility index (Phi) is 3.09. The van der Waals surface area contributed by atoms with E-state index in [-0.39, 0.29) is 10.6 Å². The number of nitrogens with one attached hydrogen (secondary N) is 2. The van der Waals surface area contributed by atoms with Gasteiger partial charge in [-0.15, -0.1) is 0 Å². The molecular weight excluding hydrogens is 204 g/mol. The van der Waals surface area contributed by atoms with Crippen LogP contribution in [0.4, 0.5) is 5.69 Å². The molecule has 5 heteroatoms. The van der Waals surface area contributed by atoms with E-state index in [1.165, 1.54) is 12.1 Å². The Morgan fingerprint density at radius 3 is 2.71 bits per heavy atom. The molecule has 0 fully saturated rings. The molecule has 0 aliphatic carbocycles. The number of halogens is 1. The summed E-state index contributed by atoms with van der Waals surface area (Å²) in [7, 11) is 1.68. The molecule has 0 saturated carbocycles. The molecule has 74 valence electrons. The van der Waals surface area contributed by atoms with Crippen LogP contribution in [-0.4, -0.2) is 24.3 Å². The molecule has 0 heterocycles. The van der Waals surface area contributed by atoms with Crippen LogP contribution in [0, 0.1) is 5.41 Å². The number of carboxylic acids is 1. The Labute approximate surface area is 86.0 Å². The highest BCUT2D eigenvalue weighted by Gasteiger charge is 2.11. The summed E-state index contributed by atoms with van der Waals surface area (Å²) in [5.41, 5.74) is 1.13. The van der Waals surface area contributed by atoms with Crippen molar-refractivity contribution in [2.24, 2.45) is 0 Å². The molecule has 0 saturated heterocycles. The molecule has 14 heavy (non-hydrogen) atoms. The Hall–Kier alpha value is -1.55. The smallest absolute Gasteiger partial charge is 0.337 e. The second-order valence-electron chi connectivity index (χ2n) is 2.62. The molecule has 1 aromatic carbocycles. The number of carboxylic acid groups (broad SMARTS) is 1. The highest BCUT2D eigenvalue weighted by atomic mass is 35.5. The lowest BCUT2D eigenvalue weighted by atomic mass is 10.1. The van der Waals surface area contributed by atoms with Gasteiger partial charge in [0.2, 0.25) is 0 Å². The third-order valence-electron chi connectivity index (χ3n) is 1.79. The van der Waals surface area contributed by atoms with E-state index in [1.807, 2.05) is 0 Å². The van der Waals surface area contributed by atoms with Crippen molar-refractivity contribution in [1.29, 1.82) is 5.41 Å². The van der Waals surface area contributed by atoms with Crippen molar-refractivity contribution in [3.05, 3.63) is 28.3 Å². The van der Waals surface area contributed by atoms with Crippen LogP contribution in [-0.2, 0) is 0 Å². The van der Waals surface area contributed by atoms with E-state index in [4.69, 9.17) is 22.1 Å². The fourth-order valence-electron chi connectivity index (χ4n) is 1.09. The number of hydrogen-bond donors (Lipinski definition) is 3. The van der Waals surface area contributed by atoms with Gasteiger partial charge in [-0.2, -0.15) is 0 Å². The van der Waals surface area contributed by atoms with Gasteiger partial charge in [0.15, 0.2) is 0 Å². The van der Waals surface area contributed by atoms with E-state index in [0.717, 1.165) is 6.21 Å². The first-order valence-corrected chi connectivity index (χ1v) is 4.23. The zero-order chi connectivity index (χ0) is 10.7. The first-order valence-electron chi connectivity index (χ1n) is 3.85. The third-order valence-corrected chi connectivity index (χ3v) is 2.11. The predicted molar refractivity (Wildman–Crippen MR) is 55.8 cm³/mol. The Morgan fingerprint density at radius 1 is 1.64 bits per heavy atom. The van der Waals surface area contributed by atoms with Crippen molar-refractivity contribution >= 4 is 29.5 Å². The molecule has 1 aromatic rings. The largest absolute Gasteiger partial charge is 0.478 e. The highest BCUT2D eigenvalue weighted by molar-refractivity contribution is 6.34. The number of hydrogen-bond acceptors (Lipinski definition) is 3. The van der Waals surface area contributed by atoms with Gasteiger partial charge < -0.3 is 15.8 Å². The van der Waals surface area contributed by atoms with Gasteiger partial charge in [-0.3, -0.25) is 0 Å². The van der Waals surface area contributed by atoms with E-state index >= 15 is 0 Å². The average Bonchev–Trinajstić information content (AvgIpc) is 2.16. The highest BCUT2D eigenvalue weighted by Crippen LogP contribution is 2.24. The van der Waals surface area contributed by atoms with Gasteiger partial charge in [0.25, 0.3) is 0 Å². The van der Waals surface area contributed by atoms with E-state index in [2.05, 4.69) is 5.32 Å². The Balaban J connectivity index is 3.37. The normalized spacial score (nSPS) is 9.57. The molecule has 0 spiro atoms. The summed E-state index contributed by atoms with van der Waals surface area (Å²) in [6.07, 6.45) is 1.08. The molecule has 0 aliphatic heterocycles. The molecular formula is C9H9ClN2O2. The standard InChI is InChI=1S/C9H9ClN2O2/c1-12-8-3-7(10)6(9(13)14)2-5(8)4-11/h2-4,11-12H,1H3,(H,13,14). The molecule has 0 radical (unpaired) electrons. The monoisotopic (exact) mass is 212 g/mol. The van der Waals surface area contributed by atoms with Crippen LogP contribution in [0.15, 0.2) is 12.1 Å². The summed E-state index contributed by atoms with van der Waals surface area (Å²) in [6.45, 7) is 0. The van der Waals surface area contributed by atoms with Crippen LogP contribution in [0.25, 0.3) is 0 Å². The molecule has 0 aromatic heterocycles. The van der Waals surface area contributed by atoms with Gasteiger partial charge in [0, 0.05) is 24.5 Å². The lowest BCUT2D eigenvalue weighted by Gasteiger charge is -2.07. The van der Waals surface area contributed by atoms with Crippen LogP contribution in [0.1, 0.15) is 15.9 Å². The fraction of sp³-hybridized carbons (Fsp3) is 0.111. The zero-order valence-electron chi connectivity index (χ0n) is 7.47. The number of benzene rings is 1. The Bertz CT molecular complexity index is 391. The molecule has 3 N–H and O–H groups in total. The Morgan fingerprint density at radius 2 is 2.29 bits per heavy atom. The maximum Gasteiger partial charge on any atom is 0.337 e. The summed E-state index contributed by atoms with van der Waals surface area (Å²) in [6, 6.07) is 2.86. The van der Waals surface area contributed by atoms with Crippen molar-refractivity contribution < 1.29 is 9.90 Å². The lowest BCUT2D eigenvalue weighted by Crippen LogP contribution is -2.02. The molecule has 4 nitrogen and oxygen atoms in total. The minimum atomic E-state index is -1.10. The average molecular weight is 213 g/mol. The molecule has 1 rings (SSSR count). The van der Waals surface area contributed by atoms with E-state index in [1.54, 1.807) is 7.05 Å². The first kappa shape index (κ1) is 10.5. The number of anilines is 1. The van der Waals surface area contributed by atoms with Gasteiger partial charge in [-0.25, -0.2) is 4.79 Å². The second kappa shape index (κ2) is 4.11. The second-order valence-corrected chi connectivity index (χ2v) is 3.03. The summed E-state index contributed by atoms with van der Waals surface area (Å²) in [5.74, 6) is -1.10. The minimum absolute atomic E-state index is 0.00386. The number of aromatic carboxylic acids is 1. The quantitative estimate of drug-likeness (QED) is 0.672. The van der Waals surface area contributed by atoms with Gasteiger partial charge in [-0.05, 0) is 12.1 Å². The van der Waals surface area contributed by atoms with Crippen molar-refractivity contribution in [2.45, 2.75) is 0 Å². The zero-order valence-corrected chi connectivity index (χ0v) is 8.22. The van der Waals surface area contributed by atoms with Crippen LogP contribution in [0.5, 0.6) is 0 Å². The van der Waals surface area contributed by atoms with Gasteiger partial charge in [0.05, 0.1) is 10.6 Å². The third kappa shape index (κ3) is 1.85. The molecule has 0 unspecified atom stereocenters. The maximum atomic E-state index is 10.7. The summed E-state index contributed by atoms with van der Waals surface area (Å²) >= 11 is 5.74. The van der Waals surface area contributed by atoms with Gasteiger partial charge >= 0.3 is 5.97 Å². The first-order chi connectivity index (χ1) is 6.60. The number of carbonyl (C=O) groups is 1. The van der Waals surface area contributed by atoms with Gasteiger partial charge in [0.1, 0.15) is 0 Å². The molecule has 0 aliphatic rings. The lowest BCUT2D eigenvalue weighted by molar-refractivity contribution is 0.0697. The van der Waals surface area contributed by atoms with Crippen molar-refractivity contribution in [3.63, 3.8) is 0 Å². The summed E-state index contributed by atoms with van der Waals surface area (Å²) < 4.78 is 0. The molecule has 0 bridgehead atoms. The van der Waals surface area contributed by atoms with Crippen LogP contribution in [0.3, 0.4) is 0 Å². The predicted octanol–water partition coefficient (Wildman–Crippen LogP) is 2.08. The van der Waals surface area contributed by atoms with Crippen molar-refractivity contribution in [3.8, 4) is 0 Å². The fourth-order valence-corrected chi connectivity index (χ4v) is 1.33. The summed E-state index contributed by atoms with van der Waals surface area (Å²) in [5, 5.41) is 18.8. The maximum absolute atomic E-state index is 10.7. The van der Waals surface area contributed by atoms with Crippen LogP contribution >= 0.6 is 11.6 Å². The minimum Gasteiger partial charge on any atom is -0.478 e.